The summed E-state index contributed by atoms with van der Waals surface area (Å²) in [7, 11) is 1.86. The molecule has 0 heterocycles. The van der Waals surface area contributed by atoms with Crippen LogP contribution in [0, 0.1) is 16.7 Å². The van der Waals surface area contributed by atoms with Crippen molar-refractivity contribution in [2.24, 2.45) is 21.7 Å². The highest BCUT2D eigenvalue weighted by molar-refractivity contribution is 5.64. The van der Waals surface area contributed by atoms with Gasteiger partial charge in [-0.1, -0.05) is 48.0 Å². The maximum atomic E-state index is 4.15. The summed E-state index contributed by atoms with van der Waals surface area (Å²) < 4.78 is 0. The Hall–Kier alpha value is -0.330. The number of hydrogen-bond acceptors (Lipinski definition) is 1. The van der Waals surface area contributed by atoms with Crippen molar-refractivity contribution in [3.05, 3.63) is 0 Å². The van der Waals surface area contributed by atoms with Gasteiger partial charge in [0.25, 0.3) is 0 Å². The number of nitrogens with zero attached hydrogens (tertiary/aromatic N) is 1. The van der Waals surface area contributed by atoms with Crippen LogP contribution in [0.15, 0.2) is 4.99 Å². The first-order valence-corrected chi connectivity index (χ1v) is 6.16. The molecule has 0 fully saturated rings. The zero-order valence-corrected chi connectivity index (χ0v) is 11.7. The highest BCUT2D eigenvalue weighted by atomic mass is 14.6. The molecule has 1 unspecified atom stereocenters. The van der Waals surface area contributed by atoms with E-state index in [0.29, 0.717) is 5.41 Å². The van der Waals surface area contributed by atoms with Crippen molar-refractivity contribution in [3.63, 3.8) is 0 Å². The molecule has 0 spiro atoms. The summed E-state index contributed by atoms with van der Waals surface area (Å²) in [4.78, 5) is 4.15. The molecule has 0 aliphatic rings. The zero-order valence-electron chi connectivity index (χ0n) is 11.7. The average Bonchev–Trinajstić information content (AvgIpc) is 2.01. The van der Waals surface area contributed by atoms with Crippen LogP contribution in [0.25, 0.3) is 0 Å². The molecule has 0 saturated heterocycles. The topological polar surface area (TPSA) is 12.4 Å². The smallest absolute Gasteiger partial charge is 0.0273 e. The first kappa shape index (κ1) is 14.7. The summed E-state index contributed by atoms with van der Waals surface area (Å²) in [6, 6.07) is 0. The molecule has 1 heteroatoms. The Balaban J connectivity index is 4.20. The fourth-order valence-corrected chi connectivity index (χ4v) is 2.46. The molecule has 0 saturated carbocycles. The predicted molar refractivity (Wildman–Crippen MR) is 70.7 cm³/mol. The van der Waals surface area contributed by atoms with Crippen LogP contribution in [0.3, 0.4) is 0 Å². The molecule has 0 aromatic heterocycles. The molecule has 90 valence electrons. The largest absolute Gasteiger partial charge is 0.300 e. The molecule has 15 heavy (non-hydrogen) atoms. The molecule has 0 aromatic rings. The molecule has 0 radical (unpaired) electrons. The monoisotopic (exact) mass is 211 g/mol. The van der Waals surface area contributed by atoms with Gasteiger partial charge in [0.15, 0.2) is 0 Å². The zero-order chi connectivity index (χ0) is 12.1. The van der Waals surface area contributed by atoms with Crippen molar-refractivity contribution in [1.29, 1.82) is 0 Å². The molecule has 1 atom stereocenters. The summed E-state index contributed by atoms with van der Waals surface area (Å²) in [5, 5.41) is 0. The van der Waals surface area contributed by atoms with Gasteiger partial charge in [0.05, 0.1) is 0 Å². The van der Waals surface area contributed by atoms with Gasteiger partial charge in [0.2, 0.25) is 0 Å². The van der Waals surface area contributed by atoms with Crippen LogP contribution in [0.4, 0.5) is 0 Å². The first-order chi connectivity index (χ1) is 6.72. The van der Waals surface area contributed by atoms with Crippen LogP contribution in [0.1, 0.15) is 60.8 Å². The molecule has 0 bridgehead atoms. The molecule has 0 aliphatic heterocycles. The van der Waals surface area contributed by atoms with Crippen LogP contribution in [-0.2, 0) is 0 Å². The Labute approximate surface area is 96.4 Å². The van der Waals surface area contributed by atoms with Crippen molar-refractivity contribution < 1.29 is 0 Å². The van der Waals surface area contributed by atoms with Gasteiger partial charge in [-0.3, -0.25) is 0 Å². The Bertz CT molecular complexity index is 201. The Morgan fingerprint density at radius 2 is 1.67 bits per heavy atom. The van der Waals surface area contributed by atoms with Gasteiger partial charge in [-0.2, -0.15) is 0 Å². The van der Waals surface area contributed by atoms with E-state index in [1.807, 2.05) is 7.05 Å². The van der Waals surface area contributed by atoms with Gasteiger partial charge in [-0.05, 0) is 29.6 Å². The number of aliphatic imine (C=N–C) groups is 1. The summed E-state index contributed by atoms with van der Waals surface area (Å²) >= 11 is 0. The van der Waals surface area contributed by atoms with Crippen molar-refractivity contribution >= 4 is 6.21 Å². The lowest BCUT2D eigenvalue weighted by atomic mass is 9.75. The Kier molecular flexibility index (Phi) is 5.55. The van der Waals surface area contributed by atoms with Crippen LogP contribution in [0.5, 0.6) is 0 Å². The van der Waals surface area contributed by atoms with Crippen molar-refractivity contribution in [2.45, 2.75) is 60.8 Å². The van der Waals surface area contributed by atoms with Crippen LogP contribution in [0.2, 0.25) is 0 Å². The molecular weight excluding hydrogens is 182 g/mol. The van der Waals surface area contributed by atoms with E-state index in [-0.39, 0.29) is 5.41 Å². The minimum Gasteiger partial charge on any atom is -0.300 e. The van der Waals surface area contributed by atoms with Gasteiger partial charge in [-0.25, -0.2) is 0 Å². The lowest BCUT2D eigenvalue weighted by Gasteiger charge is -2.30. The molecule has 1 nitrogen and oxygen atoms in total. The van der Waals surface area contributed by atoms with E-state index in [9.17, 15) is 0 Å². The Morgan fingerprint density at radius 3 is 2.07 bits per heavy atom. The first-order valence-electron chi connectivity index (χ1n) is 6.16. The standard InChI is InChI=1S/C14H29N/c1-8-13(3,4)9-12(2)10-14(5,6)11-15-7/h11-12H,8-10H2,1-7H3. The van der Waals surface area contributed by atoms with E-state index in [4.69, 9.17) is 0 Å². The molecular formula is C14H29N. The van der Waals surface area contributed by atoms with E-state index in [1.54, 1.807) is 0 Å². The van der Waals surface area contributed by atoms with E-state index in [0.717, 1.165) is 5.92 Å². The summed E-state index contributed by atoms with van der Waals surface area (Å²) in [5.41, 5.74) is 0.733. The fourth-order valence-electron chi connectivity index (χ4n) is 2.46. The summed E-state index contributed by atoms with van der Waals surface area (Å²) in [5.74, 6) is 0.771. The SMILES string of the molecule is CCC(C)(C)CC(C)CC(C)(C)C=NC. The fraction of sp³-hybridized carbons (Fsp3) is 0.929. The second-order valence-electron chi connectivity index (χ2n) is 6.41. The van der Waals surface area contributed by atoms with Gasteiger partial charge >= 0.3 is 0 Å². The van der Waals surface area contributed by atoms with Crippen molar-refractivity contribution in [1.82, 2.24) is 0 Å². The average molecular weight is 211 g/mol. The van der Waals surface area contributed by atoms with Gasteiger partial charge in [0, 0.05) is 13.3 Å². The van der Waals surface area contributed by atoms with E-state index >= 15 is 0 Å². The van der Waals surface area contributed by atoms with E-state index in [2.05, 4.69) is 52.7 Å². The molecule has 0 aliphatic carbocycles. The third-order valence-electron chi connectivity index (χ3n) is 3.21. The minimum absolute atomic E-state index is 0.248. The minimum atomic E-state index is 0.248. The normalized spacial score (nSPS) is 15.9. The molecule has 0 amide bonds. The number of rotatable bonds is 6. The van der Waals surface area contributed by atoms with Crippen LogP contribution >= 0.6 is 0 Å². The maximum absolute atomic E-state index is 4.15. The molecule has 0 rings (SSSR count). The van der Waals surface area contributed by atoms with E-state index in [1.165, 1.54) is 19.3 Å². The van der Waals surface area contributed by atoms with Gasteiger partial charge in [-0.15, -0.1) is 0 Å². The summed E-state index contributed by atoms with van der Waals surface area (Å²) in [6.07, 6.45) is 5.89. The molecule has 0 N–H and O–H groups in total. The summed E-state index contributed by atoms with van der Waals surface area (Å²) in [6.45, 7) is 13.9. The second kappa shape index (κ2) is 5.67. The van der Waals surface area contributed by atoms with Crippen molar-refractivity contribution in [2.75, 3.05) is 7.05 Å². The van der Waals surface area contributed by atoms with Crippen LogP contribution in [-0.4, -0.2) is 13.3 Å². The molecule has 0 aromatic carbocycles. The van der Waals surface area contributed by atoms with E-state index < -0.39 is 0 Å². The number of hydrogen-bond donors (Lipinski definition) is 0. The van der Waals surface area contributed by atoms with Gasteiger partial charge < -0.3 is 4.99 Å². The highest BCUT2D eigenvalue weighted by Gasteiger charge is 2.24. The quantitative estimate of drug-likeness (QED) is 0.571. The van der Waals surface area contributed by atoms with Gasteiger partial charge in [0.1, 0.15) is 0 Å². The van der Waals surface area contributed by atoms with Crippen LogP contribution < -0.4 is 0 Å². The highest BCUT2D eigenvalue weighted by Crippen LogP contribution is 2.34. The lowest BCUT2D eigenvalue weighted by molar-refractivity contribution is 0.234. The Morgan fingerprint density at radius 1 is 1.13 bits per heavy atom. The third kappa shape index (κ3) is 6.70. The van der Waals surface area contributed by atoms with Crippen molar-refractivity contribution in [3.8, 4) is 0 Å². The lowest BCUT2D eigenvalue weighted by Crippen LogP contribution is -2.21. The second-order valence-corrected chi connectivity index (χ2v) is 6.41. The maximum Gasteiger partial charge on any atom is 0.0273 e. The predicted octanol–water partition coefficient (Wildman–Crippen LogP) is 4.57. The third-order valence-corrected chi connectivity index (χ3v) is 3.21.